The molecule has 1 unspecified atom stereocenters. The molecule has 0 spiro atoms. The molecule has 0 amide bonds. The average molecular weight is 573 g/mol. The van der Waals surface area contributed by atoms with E-state index in [-0.39, 0.29) is 17.6 Å². The Kier molecular flexibility index (Phi) is 9.48. The van der Waals surface area contributed by atoms with Gasteiger partial charge in [0.2, 0.25) is 5.88 Å². The van der Waals surface area contributed by atoms with E-state index in [0.29, 0.717) is 37.9 Å². The molecule has 220 valence electrons. The van der Waals surface area contributed by atoms with Gasteiger partial charge in [-0.1, -0.05) is 36.4 Å². The quantitative estimate of drug-likeness (QED) is 0.174. The molecule has 5 rings (SSSR count). The summed E-state index contributed by atoms with van der Waals surface area (Å²) >= 11 is 0. The van der Waals surface area contributed by atoms with Gasteiger partial charge in [0.25, 0.3) is 0 Å². The smallest absolute Gasteiger partial charge is 0.342 e. The summed E-state index contributed by atoms with van der Waals surface area (Å²) in [6.45, 7) is 7.21. The van der Waals surface area contributed by atoms with Crippen molar-refractivity contribution in [3.8, 4) is 17.0 Å². The summed E-state index contributed by atoms with van der Waals surface area (Å²) in [5.74, 6) is -0.240. The van der Waals surface area contributed by atoms with Crippen LogP contribution < -0.4 is 10.1 Å². The number of carboxylic acid groups (broad SMARTS) is 1. The Bertz CT molecular complexity index is 1470. The van der Waals surface area contributed by atoms with Crippen LogP contribution in [0.15, 0.2) is 66.1 Å². The first-order valence-electron chi connectivity index (χ1n) is 14.0. The molecule has 1 fully saturated rings. The minimum absolute atomic E-state index is 0.0743. The molecule has 10 nitrogen and oxygen atoms in total. The van der Waals surface area contributed by atoms with E-state index in [1.54, 1.807) is 6.07 Å². The van der Waals surface area contributed by atoms with E-state index in [1.165, 1.54) is 18.2 Å². The first kappa shape index (κ1) is 29.2. The van der Waals surface area contributed by atoms with Crippen LogP contribution in [0.4, 0.5) is 5.82 Å². The lowest BCUT2D eigenvalue weighted by atomic mass is 9.97. The zero-order chi connectivity index (χ0) is 29.5. The van der Waals surface area contributed by atoms with Gasteiger partial charge in [0.1, 0.15) is 23.7 Å². The van der Waals surface area contributed by atoms with Gasteiger partial charge in [-0.15, -0.1) is 0 Å². The Labute approximate surface area is 245 Å². The third-order valence-corrected chi connectivity index (χ3v) is 7.39. The molecule has 3 aromatic rings. The van der Waals surface area contributed by atoms with Crippen molar-refractivity contribution in [1.29, 1.82) is 5.41 Å². The largest absolute Gasteiger partial charge is 0.488 e. The van der Waals surface area contributed by atoms with Crippen molar-refractivity contribution in [3.63, 3.8) is 0 Å². The van der Waals surface area contributed by atoms with Gasteiger partial charge >= 0.3 is 5.97 Å². The van der Waals surface area contributed by atoms with Gasteiger partial charge in [0.15, 0.2) is 0 Å². The number of hydrogen-bond acceptors (Lipinski definition) is 9. The van der Waals surface area contributed by atoms with Gasteiger partial charge in [-0.2, -0.15) is 0 Å². The molecule has 3 N–H and O–H groups in total. The summed E-state index contributed by atoms with van der Waals surface area (Å²) in [5.41, 5.74) is 5.93. The van der Waals surface area contributed by atoms with Gasteiger partial charge in [0.05, 0.1) is 38.7 Å². The Morgan fingerprint density at radius 1 is 1.19 bits per heavy atom. The predicted octanol–water partition coefficient (Wildman–Crippen LogP) is 4.41. The molecule has 0 radical (unpaired) electrons. The number of fused-ring (bicyclic) bond motifs is 1. The summed E-state index contributed by atoms with van der Waals surface area (Å²) in [6.07, 6.45) is 1.85. The summed E-state index contributed by atoms with van der Waals surface area (Å²) in [5, 5.41) is 19.7. The maximum Gasteiger partial charge on any atom is 0.342 e. The fourth-order valence-electron chi connectivity index (χ4n) is 5.27. The van der Waals surface area contributed by atoms with Crippen molar-refractivity contribution in [2.75, 3.05) is 45.3 Å². The molecule has 0 bridgehead atoms. The van der Waals surface area contributed by atoms with E-state index in [2.05, 4.69) is 33.4 Å². The number of nitrogens with one attached hydrogen (secondary N) is 2. The van der Waals surface area contributed by atoms with Crippen LogP contribution in [0.3, 0.4) is 0 Å². The van der Waals surface area contributed by atoms with Crippen molar-refractivity contribution in [1.82, 2.24) is 9.88 Å². The van der Waals surface area contributed by atoms with Gasteiger partial charge in [-0.25, -0.2) is 9.78 Å². The first-order valence-corrected chi connectivity index (χ1v) is 14.0. The van der Waals surface area contributed by atoms with Crippen LogP contribution in [0.5, 0.6) is 5.75 Å². The summed E-state index contributed by atoms with van der Waals surface area (Å²) in [6, 6.07) is 17.9. The number of carboxylic acids is 1. The summed E-state index contributed by atoms with van der Waals surface area (Å²) in [4.78, 5) is 18.6. The maximum absolute atomic E-state index is 11.5. The lowest BCUT2D eigenvalue weighted by molar-refractivity contribution is -0.132. The standard InChI is InChI=1S/C32H36N4O6/c1-21-5-3-6-26(28-7-4-8-29(34-28)35-31(39-2)27(16-33)32(37)38)30(21)42-19-22-9-10-24-17-36(12-11-23(24)15-22)18-25-20-40-13-14-41-25/h3-10,15-16,25,33H,11-14,17-20H2,1-2H3,(H,34,35)(H,37,38)/b31-27-,33-16?. The van der Waals surface area contributed by atoms with E-state index >= 15 is 0 Å². The zero-order valence-corrected chi connectivity index (χ0v) is 23.9. The van der Waals surface area contributed by atoms with Crippen molar-refractivity contribution in [3.05, 3.63) is 88.3 Å². The average Bonchev–Trinajstić information content (AvgIpc) is 3.00. The van der Waals surface area contributed by atoms with E-state index in [9.17, 15) is 9.90 Å². The van der Waals surface area contributed by atoms with Crippen LogP contribution in [-0.4, -0.2) is 73.3 Å². The Morgan fingerprint density at radius 2 is 2.05 bits per heavy atom. The SMILES string of the molecule is CO/C(Nc1cccc(-c2cccc(C)c2OCc2ccc3c(c2)CCN(CC2COCCO2)C3)n1)=C(/C=N)C(=O)O. The highest BCUT2D eigenvalue weighted by molar-refractivity contribution is 6.08. The second-order valence-electron chi connectivity index (χ2n) is 10.3. The van der Waals surface area contributed by atoms with Gasteiger partial charge in [-0.05, 0) is 53.8 Å². The highest BCUT2D eigenvalue weighted by Gasteiger charge is 2.22. The van der Waals surface area contributed by atoms with Gasteiger partial charge in [-0.3, -0.25) is 4.90 Å². The molecule has 10 heteroatoms. The van der Waals surface area contributed by atoms with Crippen LogP contribution >= 0.6 is 0 Å². The maximum atomic E-state index is 11.5. The number of hydrogen-bond donors (Lipinski definition) is 3. The molecule has 0 aliphatic carbocycles. The lowest BCUT2D eigenvalue weighted by Crippen LogP contribution is -2.42. The molecule has 2 aromatic carbocycles. The number of aliphatic carboxylic acids is 1. The van der Waals surface area contributed by atoms with E-state index in [4.69, 9.17) is 24.4 Å². The van der Waals surface area contributed by atoms with Gasteiger partial charge < -0.3 is 34.8 Å². The molecule has 1 aromatic heterocycles. The number of pyridine rings is 1. The molecule has 42 heavy (non-hydrogen) atoms. The number of para-hydroxylation sites is 1. The minimum atomic E-state index is -1.27. The molecular weight excluding hydrogens is 536 g/mol. The Morgan fingerprint density at radius 3 is 2.81 bits per heavy atom. The molecule has 1 atom stereocenters. The lowest BCUT2D eigenvalue weighted by Gasteiger charge is -2.33. The van der Waals surface area contributed by atoms with Gasteiger partial charge in [0, 0.05) is 31.4 Å². The number of nitrogens with zero attached hydrogens (tertiary/aromatic N) is 2. The van der Waals surface area contributed by atoms with Crippen LogP contribution in [0.25, 0.3) is 11.3 Å². The third-order valence-electron chi connectivity index (χ3n) is 7.39. The number of aromatic nitrogens is 1. The number of benzene rings is 2. The van der Waals surface area contributed by atoms with E-state index in [0.717, 1.165) is 54.7 Å². The second-order valence-corrected chi connectivity index (χ2v) is 10.3. The molecular formula is C32H36N4O6. The predicted molar refractivity (Wildman–Crippen MR) is 159 cm³/mol. The monoisotopic (exact) mass is 572 g/mol. The van der Waals surface area contributed by atoms with Crippen LogP contribution in [0.2, 0.25) is 0 Å². The van der Waals surface area contributed by atoms with Crippen molar-refractivity contribution in [2.24, 2.45) is 0 Å². The second kappa shape index (κ2) is 13.6. The highest BCUT2D eigenvalue weighted by Crippen LogP contribution is 2.33. The topological polar surface area (TPSA) is 126 Å². The normalized spacial score (nSPS) is 17.5. The van der Waals surface area contributed by atoms with Crippen molar-refractivity contribution < 1.29 is 28.8 Å². The van der Waals surface area contributed by atoms with Crippen molar-refractivity contribution >= 4 is 18.0 Å². The molecule has 2 aliphatic rings. The minimum Gasteiger partial charge on any atom is -0.488 e. The third kappa shape index (κ3) is 6.96. The molecule has 1 saturated heterocycles. The summed E-state index contributed by atoms with van der Waals surface area (Å²) < 4.78 is 23.0. The fraction of sp³-hybridized carbons (Fsp3) is 0.344. The van der Waals surface area contributed by atoms with Crippen LogP contribution in [0.1, 0.15) is 22.3 Å². The Balaban J connectivity index is 1.29. The summed E-state index contributed by atoms with van der Waals surface area (Å²) in [7, 11) is 1.34. The van der Waals surface area contributed by atoms with Crippen LogP contribution in [-0.2, 0) is 38.6 Å². The number of rotatable bonds is 11. The Hall–Kier alpha value is -4.25. The number of anilines is 1. The molecule has 3 heterocycles. The first-order chi connectivity index (χ1) is 20.4. The molecule has 2 aliphatic heterocycles. The number of methoxy groups -OCH3 is 1. The van der Waals surface area contributed by atoms with Crippen LogP contribution in [0, 0.1) is 12.3 Å². The number of aryl methyl sites for hydroxylation is 1. The number of carbonyl (C=O) groups is 1. The van der Waals surface area contributed by atoms with E-state index < -0.39 is 5.97 Å². The number of ether oxygens (including phenoxy) is 4. The van der Waals surface area contributed by atoms with E-state index in [1.807, 2.05) is 37.3 Å². The zero-order valence-electron chi connectivity index (χ0n) is 23.9. The van der Waals surface area contributed by atoms with Crippen molar-refractivity contribution in [2.45, 2.75) is 32.6 Å². The highest BCUT2D eigenvalue weighted by atomic mass is 16.6. The molecule has 0 saturated carbocycles. The fourth-order valence-corrected chi connectivity index (χ4v) is 5.27.